The van der Waals surface area contributed by atoms with E-state index in [4.69, 9.17) is 14.9 Å². The summed E-state index contributed by atoms with van der Waals surface area (Å²) in [6, 6.07) is 30.6. The van der Waals surface area contributed by atoms with Gasteiger partial charge in [-0.25, -0.2) is 4.79 Å². The third kappa shape index (κ3) is 11.7. The Morgan fingerprint density at radius 3 is 2.32 bits per heavy atom. The maximum atomic E-state index is 13.0. The molecule has 5 aromatic rings. The fraction of sp³-hybridized carbons (Fsp3) is 0.383. The van der Waals surface area contributed by atoms with Gasteiger partial charge in [0, 0.05) is 48.3 Å². The first-order valence-electron chi connectivity index (χ1n) is 20.7. The molecule has 1 fully saturated rings. The van der Waals surface area contributed by atoms with Gasteiger partial charge in [-0.15, -0.1) is 0 Å². The van der Waals surface area contributed by atoms with E-state index < -0.39 is 14.4 Å². The molecule has 11 nitrogen and oxygen atoms in total. The molecular weight excluding hydrogens is 759 g/mol. The predicted octanol–water partition coefficient (Wildman–Crippen LogP) is 9.53. The number of H-pyrrole nitrogens is 1. The summed E-state index contributed by atoms with van der Waals surface area (Å²) in [5, 5.41) is 20.8. The summed E-state index contributed by atoms with van der Waals surface area (Å²) in [6.07, 6.45) is 3.95. The molecule has 1 atom stereocenters. The van der Waals surface area contributed by atoms with Crippen LogP contribution >= 0.6 is 0 Å². The zero-order chi connectivity index (χ0) is 42.2. The highest BCUT2D eigenvalue weighted by molar-refractivity contribution is 6.74. The second kappa shape index (κ2) is 19.2. The number of phenolic OH excluding ortho intramolecular Hbond substituents is 1. The van der Waals surface area contributed by atoms with Gasteiger partial charge in [0.1, 0.15) is 11.9 Å². The van der Waals surface area contributed by atoms with Gasteiger partial charge in [-0.1, -0.05) is 81.4 Å². The van der Waals surface area contributed by atoms with Crippen molar-refractivity contribution in [3.63, 3.8) is 0 Å². The number of nitrogens with two attached hydrogens (primary N) is 1. The number of aromatic amines is 1. The second-order valence-electron chi connectivity index (χ2n) is 17.2. The van der Waals surface area contributed by atoms with Crippen LogP contribution in [0.1, 0.15) is 82.1 Å². The summed E-state index contributed by atoms with van der Waals surface area (Å²) in [7, 11) is -2.21. The molecular formula is C47H59N5O6Si. The zero-order valence-corrected chi connectivity index (χ0v) is 35.9. The molecule has 59 heavy (non-hydrogen) atoms. The van der Waals surface area contributed by atoms with Crippen LogP contribution in [0.25, 0.3) is 22.0 Å². The third-order valence-corrected chi connectivity index (χ3v) is 16.1. The Morgan fingerprint density at radius 2 is 1.61 bits per heavy atom. The van der Waals surface area contributed by atoms with E-state index >= 15 is 0 Å². The van der Waals surface area contributed by atoms with E-state index in [1.165, 1.54) is 6.07 Å². The fourth-order valence-corrected chi connectivity index (χ4v) is 8.51. The number of anilines is 2. The molecule has 0 bridgehead atoms. The second-order valence-corrected chi connectivity index (χ2v) is 22.0. The molecule has 1 aliphatic rings. The van der Waals surface area contributed by atoms with Crippen molar-refractivity contribution in [1.29, 1.82) is 0 Å². The van der Waals surface area contributed by atoms with Gasteiger partial charge in [0.25, 0.3) is 0 Å². The maximum Gasteiger partial charge on any atom is 0.411 e. The molecule has 4 aromatic carbocycles. The first-order chi connectivity index (χ1) is 28.1. The molecule has 12 heteroatoms. The summed E-state index contributed by atoms with van der Waals surface area (Å²) in [4.78, 5) is 40.8. The molecule has 0 spiro atoms. The number of nitrogens with one attached hydrogen (secondary N) is 4. The van der Waals surface area contributed by atoms with E-state index in [1.807, 2.05) is 78.9 Å². The molecule has 1 saturated carbocycles. The Kier molecular flexibility index (Phi) is 14.1. The Morgan fingerprint density at radius 1 is 0.898 bits per heavy atom. The van der Waals surface area contributed by atoms with Crippen molar-refractivity contribution in [1.82, 2.24) is 10.3 Å². The van der Waals surface area contributed by atoms with Crippen LogP contribution in [0.3, 0.4) is 0 Å². The summed E-state index contributed by atoms with van der Waals surface area (Å²) < 4.78 is 12.7. The third-order valence-electron chi connectivity index (χ3n) is 11.7. The van der Waals surface area contributed by atoms with E-state index in [0.717, 1.165) is 64.6 Å². The van der Waals surface area contributed by atoms with Crippen LogP contribution < -0.4 is 27.2 Å². The minimum atomic E-state index is -2.21. The van der Waals surface area contributed by atoms with Crippen LogP contribution in [-0.2, 0) is 26.9 Å². The number of pyridine rings is 1. The quantitative estimate of drug-likeness (QED) is 0.0568. The monoisotopic (exact) mass is 817 g/mol. The Labute approximate surface area is 348 Å². The summed E-state index contributed by atoms with van der Waals surface area (Å²) in [5.74, 6) is -0.0521. The van der Waals surface area contributed by atoms with E-state index in [0.29, 0.717) is 43.6 Å². The lowest BCUT2D eigenvalue weighted by molar-refractivity contribution is -0.116. The number of aryl methyl sites for hydroxylation is 1. The van der Waals surface area contributed by atoms with Crippen molar-refractivity contribution in [2.45, 2.75) is 109 Å². The van der Waals surface area contributed by atoms with Crippen molar-refractivity contribution in [3.05, 3.63) is 124 Å². The maximum absolute atomic E-state index is 13.0. The van der Waals surface area contributed by atoms with E-state index in [1.54, 1.807) is 12.1 Å². The number of carbonyl (C=O) groups excluding carboxylic acids is 2. The van der Waals surface area contributed by atoms with Gasteiger partial charge in [-0.3, -0.25) is 14.9 Å². The van der Waals surface area contributed by atoms with Crippen LogP contribution in [0.4, 0.5) is 16.2 Å². The minimum absolute atomic E-state index is 0.0183. The van der Waals surface area contributed by atoms with Crippen molar-refractivity contribution >= 4 is 42.6 Å². The molecule has 2 amide bonds. The van der Waals surface area contributed by atoms with Gasteiger partial charge in [0.2, 0.25) is 11.5 Å². The lowest BCUT2D eigenvalue weighted by Crippen LogP contribution is -2.43. The zero-order valence-electron chi connectivity index (χ0n) is 34.9. The number of rotatable bonds is 15. The van der Waals surface area contributed by atoms with E-state index in [9.17, 15) is 19.5 Å². The number of hydrogen-bond acceptors (Lipinski definition) is 8. The molecule has 1 aromatic heterocycles. The highest BCUT2D eigenvalue weighted by Gasteiger charge is 2.39. The molecule has 312 valence electrons. The van der Waals surface area contributed by atoms with E-state index in [-0.39, 0.29) is 40.5 Å². The number of aromatic nitrogens is 1. The number of fused-ring (bicyclic) bond motifs is 1. The lowest BCUT2D eigenvalue weighted by Gasteiger charge is -2.39. The van der Waals surface area contributed by atoms with Crippen LogP contribution in [0, 0.1) is 0 Å². The first-order valence-corrected chi connectivity index (χ1v) is 23.6. The fourth-order valence-electron chi connectivity index (χ4n) is 7.23. The number of hydrogen-bond donors (Lipinski definition) is 6. The van der Waals surface area contributed by atoms with Gasteiger partial charge in [0.15, 0.2) is 8.32 Å². The van der Waals surface area contributed by atoms with Crippen molar-refractivity contribution in [2.24, 2.45) is 5.73 Å². The summed E-state index contributed by atoms with van der Waals surface area (Å²) in [6.45, 7) is 12.1. The molecule has 0 aliphatic heterocycles. The predicted molar refractivity (Wildman–Crippen MR) is 239 cm³/mol. The Bertz CT molecular complexity index is 2260. The number of amides is 2. The molecule has 6 rings (SSSR count). The lowest BCUT2D eigenvalue weighted by atomic mass is 9.94. The standard InChI is InChI=1S/C47H59N5O6Si/c1-47(2,3)59(4,5)58-42(38-24-26-41(53)45-39(38)25-27-44(55)52-45)30-49-29-32-14-19-35(20-15-32)50-43(54)13-9-10-31-16-23-37(33-11-7-6-8-12-33)40(28-31)51-46(56)57-36-21-17-34(48)18-22-36/h6-8,11-12,14-16,19-20,23-28,34,36,42,49,53H,9-10,13,17-18,21-22,29-30,48H2,1-5H3,(H,50,54)(H,51,56)(H,52,55)/t34?,36?,42-/m0/s1. The Hall–Kier alpha value is -5.27. The van der Waals surface area contributed by atoms with Crippen LogP contribution in [0.2, 0.25) is 18.1 Å². The van der Waals surface area contributed by atoms with Crippen LogP contribution in [0.15, 0.2) is 102 Å². The van der Waals surface area contributed by atoms with Gasteiger partial charge in [-0.2, -0.15) is 0 Å². The largest absolute Gasteiger partial charge is 0.506 e. The highest BCUT2D eigenvalue weighted by atomic mass is 28.4. The number of carbonyl (C=O) groups is 2. The van der Waals surface area contributed by atoms with E-state index in [2.05, 4.69) is 54.8 Å². The average molecular weight is 818 g/mol. The summed E-state index contributed by atoms with van der Waals surface area (Å²) in [5.41, 5.74) is 12.4. The van der Waals surface area contributed by atoms with Gasteiger partial charge in [-0.05, 0) is 109 Å². The molecule has 1 heterocycles. The highest BCUT2D eigenvalue weighted by Crippen LogP contribution is 2.41. The number of aromatic hydroxyl groups is 1. The van der Waals surface area contributed by atoms with Gasteiger partial charge >= 0.3 is 6.09 Å². The molecule has 0 radical (unpaired) electrons. The van der Waals surface area contributed by atoms with Crippen LogP contribution in [-0.4, -0.2) is 49.1 Å². The molecule has 0 saturated heterocycles. The minimum Gasteiger partial charge on any atom is -0.506 e. The van der Waals surface area contributed by atoms with Gasteiger partial charge < -0.3 is 35.6 Å². The number of ether oxygens (including phenoxy) is 1. The number of benzene rings is 4. The summed E-state index contributed by atoms with van der Waals surface area (Å²) >= 11 is 0. The molecule has 0 unspecified atom stereocenters. The Balaban J connectivity index is 1.02. The molecule has 7 N–H and O–H groups in total. The first kappa shape index (κ1) is 43.3. The number of phenols is 1. The van der Waals surface area contributed by atoms with Crippen molar-refractivity contribution in [3.8, 4) is 16.9 Å². The van der Waals surface area contributed by atoms with Crippen molar-refractivity contribution in [2.75, 3.05) is 17.2 Å². The smallest absolute Gasteiger partial charge is 0.411 e. The average Bonchev–Trinajstić information content (AvgIpc) is 3.19. The SMILES string of the molecule is CC(C)(C)[Si](C)(C)O[C@@H](CNCc1ccc(NC(=O)CCCc2ccc(-c3ccccc3)c(NC(=O)OC3CCC(N)CC3)c2)cc1)c1ccc(O)c2[nH]c(=O)ccc12. The van der Waals surface area contributed by atoms with Crippen LogP contribution in [0.5, 0.6) is 5.75 Å². The van der Waals surface area contributed by atoms with Gasteiger partial charge in [0.05, 0.1) is 17.3 Å². The molecule has 1 aliphatic carbocycles. The normalized spacial score (nSPS) is 16.4. The topological polar surface area (TPSA) is 168 Å². The van der Waals surface area contributed by atoms with Crippen molar-refractivity contribution < 1.29 is 23.9 Å².